The molecule has 132 valence electrons. The van der Waals surface area contributed by atoms with Crippen LogP contribution in [-0.4, -0.2) is 34.8 Å². The molecule has 1 aromatic rings. The summed E-state index contributed by atoms with van der Waals surface area (Å²) in [6.07, 6.45) is 5.33. The first-order valence-electron chi connectivity index (χ1n) is 9.01. The van der Waals surface area contributed by atoms with Gasteiger partial charge in [-0.3, -0.25) is 9.78 Å². The second kappa shape index (κ2) is 7.16. The van der Waals surface area contributed by atoms with E-state index in [2.05, 4.69) is 11.1 Å². The number of rotatable bonds is 3. The van der Waals surface area contributed by atoms with E-state index < -0.39 is 5.92 Å². The number of piperidine rings is 1. The smallest absolute Gasteiger partial charge is 0.248 e. The minimum Gasteiger partial charge on any atom is -0.342 e. The predicted molar refractivity (Wildman–Crippen MR) is 88.9 cm³/mol. The standard InChI is InChI=1S/C19H26F2N2O/c1-14-4-5-15(12-22-14)11-16-3-2-10-23(13-16)18(24)17-6-8-19(20,21)9-7-17/h4-5,12,16-17H,2-3,6-11,13H2,1H3. The van der Waals surface area contributed by atoms with Crippen LogP contribution >= 0.6 is 0 Å². The van der Waals surface area contributed by atoms with Gasteiger partial charge in [-0.2, -0.15) is 0 Å². The molecule has 1 amide bonds. The Labute approximate surface area is 142 Å². The van der Waals surface area contributed by atoms with Crippen molar-refractivity contribution in [2.75, 3.05) is 13.1 Å². The van der Waals surface area contributed by atoms with Gasteiger partial charge in [-0.25, -0.2) is 8.78 Å². The van der Waals surface area contributed by atoms with Gasteiger partial charge in [0.2, 0.25) is 11.8 Å². The summed E-state index contributed by atoms with van der Waals surface area (Å²) in [6.45, 7) is 3.49. The maximum Gasteiger partial charge on any atom is 0.248 e. The van der Waals surface area contributed by atoms with Crippen molar-refractivity contribution >= 4 is 5.91 Å². The second-order valence-corrected chi connectivity index (χ2v) is 7.43. The number of aromatic nitrogens is 1. The van der Waals surface area contributed by atoms with Crippen LogP contribution in [0.5, 0.6) is 0 Å². The van der Waals surface area contributed by atoms with E-state index in [0.717, 1.165) is 38.0 Å². The molecule has 1 saturated heterocycles. The second-order valence-electron chi connectivity index (χ2n) is 7.43. The van der Waals surface area contributed by atoms with E-state index >= 15 is 0 Å². The minimum atomic E-state index is -2.57. The number of amides is 1. The lowest BCUT2D eigenvalue weighted by molar-refractivity contribution is -0.141. The van der Waals surface area contributed by atoms with Crippen molar-refractivity contribution in [1.29, 1.82) is 0 Å². The molecule has 3 nitrogen and oxygen atoms in total. The first-order valence-corrected chi connectivity index (χ1v) is 9.01. The Morgan fingerprint density at radius 2 is 2.04 bits per heavy atom. The molecule has 0 N–H and O–H groups in total. The van der Waals surface area contributed by atoms with E-state index in [9.17, 15) is 13.6 Å². The number of carbonyl (C=O) groups excluding carboxylic acids is 1. The van der Waals surface area contributed by atoms with E-state index in [4.69, 9.17) is 0 Å². The third kappa shape index (κ3) is 4.31. The molecule has 0 aromatic carbocycles. The van der Waals surface area contributed by atoms with Gasteiger partial charge in [-0.05, 0) is 56.6 Å². The number of alkyl halides is 2. The van der Waals surface area contributed by atoms with Crippen molar-refractivity contribution in [2.45, 2.75) is 57.8 Å². The molecule has 2 aliphatic rings. The topological polar surface area (TPSA) is 33.2 Å². The van der Waals surface area contributed by atoms with Crippen LogP contribution in [0.25, 0.3) is 0 Å². The fraction of sp³-hybridized carbons (Fsp3) is 0.684. The zero-order chi connectivity index (χ0) is 17.2. The number of nitrogens with zero attached hydrogens (tertiary/aromatic N) is 2. The lowest BCUT2D eigenvalue weighted by Crippen LogP contribution is -2.45. The molecular weight excluding hydrogens is 310 g/mol. The average molecular weight is 336 g/mol. The van der Waals surface area contributed by atoms with E-state index in [0.29, 0.717) is 18.8 Å². The fourth-order valence-electron chi connectivity index (χ4n) is 3.93. The number of hydrogen-bond acceptors (Lipinski definition) is 2. The van der Waals surface area contributed by atoms with Gasteiger partial charge in [0, 0.05) is 43.7 Å². The number of aryl methyl sites for hydroxylation is 1. The Kier molecular flexibility index (Phi) is 5.16. The summed E-state index contributed by atoms with van der Waals surface area (Å²) in [5.41, 5.74) is 2.21. The van der Waals surface area contributed by atoms with Gasteiger partial charge < -0.3 is 4.90 Å². The van der Waals surface area contributed by atoms with Gasteiger partial charge in [-0.15, -0.1) is 0 Å². The third-order valence-corrected chi connectivity index (χ3v) is 5.39. The van der Waals surface area contributed by atoms with Crippen LogP contribution in [0.4, 0.5) is 8.78 Å². The number of pyridine rings is 1. The summed E-state index contributed by atoms with van der Waals surface area (Å²) in [4.78, 5) is 18.9. The fourth-order valence-corrected chi connectivity index (χ4v) is 3.93. The van der Waals surface area contributed by atoms with Crippen LogP contribution in [0.15, 0.2) is 18.3 Å². The van der Waals surface area contributed by atoms with E-state index in [1.54, 1.807) is 0 Å². The molecule has 1 aliphatic carbocycles. The third-order valence-electron chi connectivity index (χ3n) is 5.39. The summed E-state index contributed by atoms with van der Waals surface area (Å²) in [6, 6.07) is 4.12. The first-order chi connectivity index (χ1) is 11.4. The van der Waals surface area contributed by atoms with Crippen molar-refractivity contribution in [2.24, 2.45) is 11.8 Å². The molecule has 0 bridgehead atoms. The van der Waals surface area contributed by atoms with Crippen molar-refractivity contribution in [1.82, 2.24) is 9.88 Å². The Balaban J connectivity index is 1.55. The summed E-state index contributed by atoms with van der Waals surface area (Å²) in [5, 5.41) is 0. The predicted octanol–water partition coefficient (Wildman–Crippen LogP) is 4.00. The number of carbonyl (C=O) groups is 1. The first kappa shape index (κ1) is 17.3. The summed E-state index contributed by atoms with van der Waals surface area (Å²) in [5.74, 6) is -2.24. The Bertz CT molecular complexity index is 563. The summed E-state index contributed by atoms with van der Waals surface area (Å²) < 4.78 is 26.6. The molecule has 1 saturated carbocycles. The summed E-state index contributed by atoms with van der Waals surface area (Å²) in [7, 11) is 0. The molecule has 2 heterocycles. The highest BCUT2D eigenvalue weighted by atomic mass is 19.3. The van der Waals surface area contributed by atoms with Gasteiger partial charge >= 0.3 is 0 Å². The molecule has 0 radical (unpaired) electrons. The zero-order valence-corrected chi connectivity index (χ0v) is 14.3. The average Bonchev–Trinajstić information content (AvgIpc) is 2.57. The van der Waals surface area contributed by atoms with Gasteiger partial charge in [0.1, 0.15) is 0 Å². The minimum absolute atomic E-state index is 0.0947. The molecule has 3 rings (SSSR count). The molecule has 5 heteroatoms. The molecule has 24 heavy (non-hydrogen) atoms. The van der Waals surface area contributed by atoms with Gasteiger partial charge in [0.05, 0.1) is 0 Å². The van der Waals surface area contributed by atoms with E-state index in [1.165, 1.54) is 5.56 Å². The lowest BCUT2D eigenvalue weighted by atomic mass is 9.84. The summed E-state index contributed by atoms with van der Waals surface area (Å²) >= 11 is 0. The molecule has 1 aromatic heterocycles. The van der Waals surface area contributed by atoms with Crippen LogP contribution in [0.2, 0.25) is 0 Å². The van der Waals surface area contributed by atoms with Crippen LogP contribution in [0, 0.1) is 18.8 Å². The molecule has 1 aliphatic heterocycles. The molecule has 1 atom stereocenters. The van der Waals surface area contributed by atoms with Crippen molar-refractivity contribution in [3.63, 3.8) is 0 Å². The highest BCUT2D eigenvalue weighted by molar-refractivity contribution is 5.79. The van der Waals surface area contributed by atoms with E-state index in [-0.39, 0.29) is 24.7 Å². The highest BCUT2D eigenvalue weighted by Crippen LogP contribution is 2.37. The lowest BCUT2D eigenvalue weighted by Gasteiger charge is -2.37. The quantitative estimate of drug-likeness (QED) is 0.836. The highest BCUT2D eigenvalue weighted by Gasteiger charge is 2.39. The maximum absolute atomic E-state index is 13.3. The monoisotopic (exact) mass is 336 g/mol. The molecule has 2 fully saturated rings. The number of likely N-dealkylation sites (tertiary alicyclic amines) is 1. The normalized spacial score (nSPS) is 24.8. The molecule has 1 unspecified atom stereocenters. The Hall–Kier alpha value is -1.52. The Morgan fingerprint density at radius 3 is 2.71 bits per heavy atom. The Morgan fingerprint density at radius 1 is 1.29 bits per heavy atom. The van der Waals surface area contributed by atoms with Crippen LogP contribution in [0.3, 0.4) is 0 Å². The van der Waals surface area contributed by atoms with Crippen LogP contribution in [0.1, 0.15) is 49.8 Å². The molecule has 0 spiro atoms. The van der Waals surface area contributed by atoms with E-state index in [1.807, 2.05) is 24.1 Å². The largest absolute Gasteiger partial charge is 0.342 e. The van der Waals surface area contributed by atoms with Crippen molar-refractivity contribution in [3.05, 3.63) is 29.6 Å². The van der Waals surface area contributed by atoms with Crippen molar-refractivity contribution in [3.8, 4) is 0 Å². The number of hydrogen-bond donors (Lipinski definition) is 0. The SMILES string of the molecule is Cc1ccc(CC2CCCN(C(=O)C3CCC(F)(F)CC3)C2)cn1. The van der Waals surface area contributed by atoms with Crippen molar-refractivity contribution < 1.29 is 13.6 Å². The van der Waals surface area contributed by atoms with Gasteiger partial charge in [0.25, 0.3) is 0 Å². The van der Waals surface area contributed by atoms with Gasteiger partial charge in [-0.1, -0.05) is 6.07 Å². The molecular formula is C19H26F2N2O. The van der Waals surface area contributed by atoms with Gasteiger partial charge in [0.15, 0.2) is 0 Å². The van der Waals surface area contributed by atoms with Crippen LogP contribution in [-0.2, 0) is 11.2 Å². The number of halogens is 2. The maximum atomic E-state index is 13.3. The zero-order valence-electron chi connectivity index (χ0n) is 14.3. The van der Waals surface area contributed by atoms with Crippen LogP contribution < -0.4 is 0 Å².